The molecule has 0 saturated heterocycles. The number of aromatic nitrogens is 2. The Morgan fingerprint density at radius 1 is 1.33 bits per heavy atom. The van der Waals surface area contributed by atoms with E-state index in [1.54, 1.807) is 0 Å². The number of aryl methyl sites for hydroxylation is 2. The monoisotopic (exact) mass is 308 g/mol. The van der Waals surface area contributed by atoms with Gasteiger partial charge in [0.05, 0.1) is 28.6 Å². The van der Waals surface area contributed by atoms with E-state index in [0.717, 1.165) is 15.9 Å². The molecular formula is C14H17BrN2O. The fraction of sp³-hybridized carbons (Fsp3) is 0.357. The highest BCUT2D eigenvalue weighted by atomic mass is 79.9. The summed E-state index contributed by atoms with van der Waals surface area (Å²) in [4.78, 5) is 0. The van der Waals surface area contributed by atoms with Crippen molar-refractivity contribution in [2.75, 3.05) is 0 Å². The molecule has 0 fully saturated rings. The number of halogens is 1. The number of ether oxygens (including phenoxy) is 1. The molecule has 96 valence electrons. The molecule has 1 heterocycles. The zero-order valence-electron chi connectivity index (χ0n) is 10.9. The van der Waals surface area contributed by atoms with Crippen LogP contribution >= 0.6 is 15.9 Å². The molecule has 3 nitrogen and oxygen atoms in total. The van der Waals surface area contributed by atoms with Gasteiger partial charge in [0, 0.05) is 7.05 Å². The predicted molar refractivity (Wildman–Crippen MR) is 75.3 cm³/mol. The van der Waals surface area contributed by atoms with E-state index < -0.39 is 0 Å². The van der Waals surface area contributed by atoms with Crippen molar-refractivity contribution in [2.45, 2.75) is 26.6 Å². The lowest BCUT2D eigenvalue weighted by molar-refractivity contribution is 0.0484. The molecule has 0 aliphatic heterocycles. The molecule has 0 spiro atoms. The lowest BCUT2D eigenvalue weighted by Crippen LogP contribution is -2.05. The quantitative estimate of drug-likeness (QED) is 0.859. The maximum Gasteiger partial charge on any atom is 0.0904 e. The number of hydrogen-bond donors (Lipinski definition) is 0. The Labute approximate surface area is 116 Å². The summed E-state index contributed by atoms with van der Waals surface area (Å²) < 4.78 is 8.79. The fourth-order valence-electron chi connectivity index (χ4n) is 1.86. The van der Waals surface area contributed by atoms with Crippen LogP contribution < -0.4 is 0 Å². The minimum atomic E-state index is 0.0771. The van der Waals surface area contributed by atoms with Crippen molar-refractivity contribution in [2.24, 2.45) is 7.05 Å². The molecular weight excluding hydrogens is 292 g/mol. The van der Waals surface area contributed by atoms with Gasteiger partial charge in [0.1, 0.15) is 0 Å². The first-order valence-corrected chi connectivity index (χ1v) is 6.73. The molecule has 1 unspecified atom stereocenters. The standard InChI is InChI=1S/C14H17BrN2O/c1-10-14(15)13(17(3)16-10)9-18-11(2)12-7-5-4-6-8-12/h4-8,11H,9H2,1-3H3. The number of rotatable bonds is 4. The van der Waals surface area contributed by atoms with Crippen LogP contribution in [0.5, 0.6) is 0 Å². The van der Waals surface area contributed by atoms with E-state index in [2.05, 4.69) is 40.1 Å². The van der Waals surface area contributed by atoms with Crippen LogP contribution in [0, 0.1) is 6.92 Å². The maximum atomic E-state index is 5.90. The molecule has 0 bridgehead atoms. The van der Waals surface area contributed by atoms with E-state index in [1.165, 1.54) is 5.56 Å². The average Bonchev–Trinajstić information content (AvgIpc) is 2.62. The van der Waals surface area contributed by atoms with Crippen LogP contribution in [-0.2, 0) is 18.4 Å². The zero-order valence-corrected chi connectivity index (χ0v) is 12.4. The Hall–Kier alpha value is -1.13. The van der Waals surface area contributed by atoms with E-state index in [-0.39, 0.29) is 6.10 Å². The van der Waals surface area contributed by atoms with E-state index >= 15 is 0 Å². The SMILES string of the molecule is Cc1nn(C)c(COC(C)c2ccccc2)c1Br. The maximum absolute atomic E-state index is 5.90. The second-order valence-electron chi connectivity index (χ2n) is 4.33. The van der Waals surface area contributed by atoms with Crippen LogP contribution in [-0.4, -0.2) is 9.78 Å². The third-order valence-corrected chi connectivity index (χ3v) is 4.03. The first-order chi connectivity index (χ1) is 8.59. The van der Waals surface area contributed by atoms with Crippen LogP contribution in [0.4, 0.5) is 0 Å². The summed E-state index contributed by atoms with van der Waals surface area (Å²) in [5.74, 6) is 0. The Morgan fingerprint density at radius 2 is 2.00 bits per heavy atom. The highest BCUT2D eigenvalue weighted by molar-refractivity contribution is 9.10. The Bertz CT molecular complexity index is 522. The zero-order chi connectivity index (χ0) is 13.1. The van der Waals surface area contributed by atoms with Crippen LogP contribution in [0.25, 0.3) is 0 Å². The lowest BCUT2D eigenvalue weighted by Gasteiger charge is -2.13. The van der Waals surface area contributed by atoms with Crippen molar-refractivity contribution >= 4 is 15.9 Å². The van der Waals surface area contributed by atoms with E-state index in [9.17, 15) is 0 Å². The van der Waals surface area contributed by atoms with Gasteiger partial charge in [0.25, 0.3) is 0 Å². The molecule has 1 atom stereocenters. The van der Waals surface area contributed by atoms with Crippen LogP contribution in [0.3, 0.4) is 0 Å². The van der Waals surface area contributed by atoms with Gasteiger partial charge in [-0.1, -0.05) is 30.3 Å². The average molecular weight is 309 g/mol. The molecule has 0 N–H and O–H groups in total. The lowest BCUT2D eigenvalue weighted by atomic mass is 10.1. The van der Waals surface area contributed by atoms with Gasteiger partial charge in [-0.3, -0.25) is 4.68 Å². The van der Waals surface area contributed by atoms with E-state index in [1.807, 2.05) is 36.9 Å². The molecule has 0 radical (unpaired) electrons. The molecule has 4 heteroatoms. The first-order valence-electron chi connectivity index (χ1n) is 5.94. The Balaban J connectivity index is 2.04. The summed E-state index contributed by atoms with van der Waals surface area (Å²) in [6.07, 6.45) is 0.0771. The number of benzene rings is 1. The highest BCUT2D eigenvalue weighted by Crippen LogP contribution is 2.24. The van der Waals surface area contributed by atoms with E-state index in [4.69, 9.17) is 4.74 Å². The summed E-state index contributed by atoms with van der Waals surface area (Å²) in [5, 5.41) is 4.35. The van der Waals surface area contributed by atoms with Gasteiger partial charge in [0.15, 0.2) is 0 Å². The summed E-state index contributed by atoms with van der Waals surface area (Å²) in [5.41, 5.74) is 3.24. The van der Waals surface area contributed by atoms with Gasteiger partial charge in [-0.25, -0.2) is 0 Å². The summed E-state index contributed by atoms with van der Waals surface area (Å²) in [7, 11) is 1.93. The van der Waals surface area contributed by atoms with Gasteiger partial charge in [-0.05, 0) is 35.3 Å². The smallest absolute Gasteiger partial charge is 0.0904 e. The minimum Gasteiger partial charge on any atom is -0.368 e. The second-order valence-corrected chi connectivity index (χ2v) is 5.13. The summed E-state index contributed by atoms with van der Waals surface area (Å²) in [6.45, 7) is 4.59. The summed E-state index contributed by atoms with van der Waals surface area (Å²) in [6, 6.07) is 10.2. The Kier molecular flexibility index (Phi) is 4.19. The fourth-order valence-corrected chi connectivity index (χ4v) is 2.31. The predicted octanol–water partition coefficient (Wildman–Crippen LogP) is 3.77. The molecule has 0 aliphatic rings. The van der Waals surface area contributed by atoms with Gasteiger partial charge in [-0.2, -0.15) is 5.10 Å². The van der Waals surface area contributed by atoms with Gasteiger partial charge in [0.2, 0.25) is 0 Å². The Morgan fingerprint density at radius 3 is 2.56 bits per heavy atom. The van der Waals surface area contributed by atoms with Gasteiger partial charge in [-0.15, -0.1) is 0 Å². The first kappa shape index (κ1) is 13.3. The topological polar surface area (TPSA) is 27.1 Å². The third-order valence-electron chi connectivity index (χ3n) is 3.00. The van der Waals surface area contributed by atoms with Crippen molar-refractivity contribution in [1.82, 2.24) is 9.78 Å². The molecule has 0 aliphatic carbocycles. The second kappa shape index (κ2) is 5.67. The van der Waals surface area contributed by atoms with Crippen molar-refractivity contribution < 1.29 is 4.74 Å². The van der Waals surface area contributed by atoms with E-state index in [0.29, 0.717) is 6.61 Å². The largest absolute Gasteiger partial charge is 0.368 e. The minimum absolute atomic E-state index is 0.0771. The molecule has 1 aromatic carbocycles. The normalized spacial score (nSPS) is 12.7. The third kappa shape index (κ3) is 2.82. The van der Waals surface area contributed by atoms with Crippen molar-refractivity contribution in [3.05, 3.63) is 51.8 Å². The molecule has 2 aromatic rings. The van der Waals surface area contributed by atoms with Gasteiger partial charge < -0.3 is 4.74 Å². The molecule has 0 amide bonds. The van der Waals surface area contributed by atoms with Crippen molar-refractivity contribution in [1.29, 1.82) is 0 Å². The van der Waals surface area contributed by atoms with Crippen molar-refractivity contribution in [3.63, 3.8) is 0 Å². The molecule has 0 saturated carbocycles. The van der Waals surface area contributed by atoms with Crippen LogP contribution in [0.1, 0.15) is 30.0 Å². The number of hydrogen-bond acceptors (Lipinski definition) is 2. The molecule has 1 aromatic heterocycles. The van der Waals surface area contributed by atoms with Crippen molar-refractivity contribution in [3.8, 4) is 0 Å². The van der Waals surface area contributed by atoms with Crippen LogP contribution in [0.15, 0.2) is 34.8 Å². The van der Waals surface area contributed by atoms with Gasteiger partial charge >= 0.3 is 0 Å². The number of nitrogens with zero attached hydrogens (tertiary/aromatic N) is 2. The molecule has 2 rings (SSSR count). The highest BCUT2D eigenvalue weighted by Gasteiger charge is 2.12. The van der Waals surface area contributed by atoms with Crippen LogP contribution in [0.2, 0.25) is 0 Å². The molecule has 18 heavy (non-hydrogen) atoms. The summed E-state index contributed by atoms with van der Waals surface area (Å²) >= 11 is 3.54.